The monoisotopic (exact) mass is 334 g/mol. The normalized spacial score (nSPS) is 15.0. The molecule has 1 heterocycles. The van der Waals surface area contributed by atoms with Gasteiger partial charge in [0.25, 0.3) is 0 Å². The van der Waals surface area contributed by atoms with Gasteiger partial charge in [-0.05, 0) is 56.9 Å². The topological polar surface area (TPSA) is 53.3 Å². The highest BCUT2D eigenvalue weighted by molar-refractivity contribution is 5.80. The third-order valence-corrected chi connectivity index (χ3v) is 3.64. The van der Waals surface area contributed by atoms with E-state index in [1.54, 1.807) is 25.7 Å². The first-order valence-corrected chi connectivity index (χ1v) is 7.76. The van der Waals surface area contributed by atoms with E-state index in [1.807, 2.05) is 6.07 Å². The molecular formula is C18H20F2N2O2. The van der Waals surface area contributed by atoms with Crippen LogP contribution in [0, 0.1) is 23.0 Å². The van der Waals surface area contributed by atoms with Gasteiger partial charge in [-0.2, -0.15) is 5.26 Å². The Bertz CT molecular complexity index is 684. The predicted octanol–water partition coefficient (Wildman–Crippen LogP) is 4.27. The van der Waals surface area contributed by atoms with Crippen molar-refractivity contribution in [3.05, 3.63) is 41.0 Å². The van der Waals surface area contributed by atoms with Crippen molar-refractivity contribution in [1.82, 2.24) is 4.90 Å². The van der Waals surface area contributed by atoms with E-state index in [0.717, 1.165) is 23.8 Å². The average molecular weight is 334 g/mol. The quantitative estimate of drug-likeness (QED) is 0.721. The third kappa shape index (κ3) is 4.54. The van der Waals surface area contributed by atoms with Crippen molar-refractivity contribution < 1.29 is 18.3 Å². The van der Waals surface area contributed by atoms with Crippen LogP contribution in [0.25, 0.3) is 5.57 Å². The van der Waals surface area contributed by atoms with Crippen molar-refractivity contribution in [3.8, 4) is 6.07 Å². The largest absolute Gasteiger partial charge is 0.444 e. The minimum Gasteiger partial charge on any atom is -0.444 e. The number of rotatable bonds is 1. The Balaban J connectivity index is 2.15. The number of carbonyl (C=O) groups is 1. The van der Waals surface area contributed by atoms with Crippen LogP contribution >= 0.6 is 0 Å². The summed E-state index contributed by atoms with van der Waals surface area (Å²) >= 11 is 0. The van der Waals surface area contributed by atoms with Gasteiger partial charge in [0.15, 0.2) is 0 Å². The van der Waals surface area contributed by atoms with E-state index in [4.69, 9.17) is 4.74 Å². The third-order valence-electron chi connectivity index (χ3n) is 3.64. The first-order valence-electron chi connectivity index (χ1n) is 7.76. The van der Waals surface area contributed by atoms with Gasteiger partial charge in [0.05, 0.1) is 11.6 Å². The summed E-state index contributed by atoms with van der Waals surface area (Å²) in [7, 11) is 0. The van der Waals surface area contributed by atoms with Gasteiger partial charge < -0.3 is 9.64 Å². The van der Waals surface area contributed by atoms with Crippen molar-refractivity contribution >= 4 is 11.7 Å². The van der Waals surface area contributed by atoms with Crippen LogP contribution in [0.4, 0.5) is 13.6 Å². The van der Waals surface area contributed by atoms with Crippen molar-refractivity contribution in [3.63, 3.8) is 0 Å². The van der Waals surface area contributed by atoms with E-state index in [1.165, 1.54) is 0 Å². The number of amides is 1. The highest BCUT2D eigenvalue weighted by atomic mass is 19.1. The Hall–Kier alpha value is -2.42. The van der Waals surface area contributed by atoms with Gasteiger partial charge in [0, 0.05) is 19.2 Å². The standard InChI is InChI=1S/C18H20F2N2O2/c1-18(2,3)24-17(23)22-6-4-12(5-7-22)16(11-21)13-8-14(19)10-15(20)9-13/h8-10H,4-7H2,1-3H3. The van der Waals surface area contributed by atoms with Crippen LogP contribution in [0.5, 0.6) is 0 Å². The minimum atomic E-state index is -0.718. The van der Waals surface area contributed by atoms with E-state index in [9.17, 15) is 18.8 Å². The maximum atomic E-state index is 13.4. The maximum Gasteiger partial charge on any atom is 0.410 e. The number of likely N-dealkylation sites (tertiary alicyclic amines) is 1. The fourth-order valence-electron chi connectivity index (χ4n) is 2.58. The molecule has 1 aliphatic heterocycles. The molecule has 1 amide bonds. The van der Waals surface area contributed by atoms with Crippen LogP contribution in [0.15, 0.2) is 23.8 Å². The summed E-state index contributed by atoms with van der Waals surface area (Å²) in [6.07, 6.45) is 0.553. The van der Waals surface area contributed by atoms with E-state index in [0.29, 0.717) is 25.9 Å². The lowest BCUT2D eigenvalue weighted by atomic mass is 9.94. The van der Waals surface area contributed by atoms with Crippen molar-refractivity contribution in [2.45, 2.75) is 39.2 Å². The molecule has 0 unspecified atom stereocenters. The lowest BCUT2D eigenvalue weighted by Gasteiger charge is -2.31. The summed E-state index contributed by atoms with van der Waals surface area (Å²) in [4.78, 5) is 13.6. The number of allylic oxidation sites excluding steroid dienone is 1. The molecule has 1 saturated heterocycles. The van der Waals surface area contributed by atoms with Crippen molar-refractivity contribution in [1.29, 1.82) is 5.26 Å². The number of ether oxygens (including phenoxy) is 1. The van der Waals surface area contributed by atoms with Crippen molar-refractivity contribution in [2.75, 3.05) is 13.1 Å². The summed E-state index contributed by atoms with van der Waals surface area (Å²) in [6.45, 7) is 6.21. The second-order valence-electron chi connectivity index (χ2n) is 6.72. The zero-order valence-electron chi connectivity index (χ0n) is 14.0. The molecule has 4 nitrogen and oxygen atoms in total. The minimum absolute atomic E-state index is 0.232. The molecule has 6 heteroatoms. The SMILES string of the molecule is CC(C)(C)OC(=O)N1CCC(=C(C#N)c2cc(F)cc(F)c2)CC1. The van der Waals surface area contributed by atoms with E-state index >= 15 is 0 Å². The highest BCUT2D eigenvalue weighted by Gasteiger charge is 2.26. The Morgan fingerprint density at radius 2 is 1.71 bits per heavy atom. The second kappa shape index (κ2) is 7.00. The molecule has 1 aromatic rings. The van der Waals surface area contributed by atoms with Crippen LogP contribution in [-0.2, 0) is 4.74 Å². The van der Waals surface area contributed by atoms with Gasteiger partial charge in [-0.3, -0.25) is 0 Å². The van der Waals surface area contributed by atoms with E-state index in [-0.39, 0.29) is 11.1 Å². The van der Waals surface area contributed by atoms with Gasteiger partial charge >= 0.3 is 6.09 Å². The number of piperidine rings is 1. The summed E-state index contributed by atoms with van der Waals surface area (Å²) in [6, 6.07) is 5.10. The van der Waals surface area contributed by atoms with E-state index < -0.39 is 23.3 Å². The maximum absolute atomic E-state index is 13.4. The summed E-state index contributed by atoms with van der Waals surface area (Å²) in [5.74, 6) is -1.44. The second-order valence-corrected chi connectivity index (χ2v) is 6.72. The number of carbonyl (C=O) groups excluding carboxylic acids is 1. The van der Waals surface area contributed by atoms with Crippen LogP contribution in [-0.4, -0.2) is 29.7 Å². The Morgan fingerprint density at radius 3 is 2.17 bits per heavy atom. The molecule has 0 aliphatic carbocycles. The van der Waals surface area contributed by atoms with Gasteiger partial charge in [0.2, 0.25) is 0 Å². The lowest BCUT2D eigenvalue weighted by Crippen LogP contribution is -2.40. The molecule has 128 valence electrons. The number of halogens is 2. The fraction of sp³-hybridized carbons (Fsp3) is 0.444. The Kier molecular flexibility index (Phi) is 5.23. The highest BCUT2D eigenvalue weighted by Crippen LogP contribution is 2.28. The zero-order chi connectivity index (χ0) is 17.9. The molecule has 1 aromatic carbocycles. The van der Waals surface area contributed by atoms with Gasteiger partial charge in [-0.25, -0.2) is 13.6 Å². The van der Waals surface area contributed by atoms with Gasteiger partial charge in [-0.1, -0.05) is 0 Å². The molecule has 0 bridgehead atoms. The molecule has 0 atom stereocenters. The van der Waals surface area contributed by atoms with Crippen molar-refractivity contribution in [2.24, 2.45) is 0 Å². The molecule has 0 radical (unpaired) electrons. The molecule has 0 spiro atoms. The zero-order valence-corrected chi connectivity index (χ0v) is 14.0. The lowest BCUT2D eigenvalue weighted by molar-refractivity contribution is 0.0236. The Labute approximate surface area is 140 Å². The summed E-state index contributed by atoms with van der Waals surface area (Å²) < 4.78 is 32.1. The van der Waals surface area contributed by atoms with Crippen LogP contribution in [0.1, 0.15) is 39.2 Å². The average Bonchev–Trinajstić information content (AvgIpc) is 2.46. The predicted molar refractivity (Wildman–Crippen MR) is 85.9 cm³/mol. The van der Waals surface area contributed by atoms with Crippen LogP contribution in [0.2, 0.25) is 0 Å². The van der Waals surface area contributed by atoms with Crippen LogP contribution in [0.3, 0.4) is 0 Å². The number of hydrogen-bond acceptors (Lipinski definition) is 3. The number of nitriles is 1. The first-order chi connectivity index (χ1) is 11.2. The molecule has 0 saturated carbocycles. The molecular weight excluding hydrogens is 314 g/mol. The van der Waals surface area contributed by atoms with Gasteiger partial charge in [0.1, 0.15) is 17.2 Å². The number of benzene rings is 1. The molecule has 1 fully saturated rings. The molecule has 24 heavy (non-hydrogen) atoms. The van der Waals surface area contributed by atoms with Gasteiger partial charge in [-0.15, -0.1) is 0 Å². The van der Waals surface area contributed by atoms with Crippen LogP contribution < -0.4 is 0 Å². The molecule has 0 N–H and O–H groups in total. The Morgan fingerprint density at radius 1 is 1.17 bits per heavy atom. The smallest absolute Gasteiger partial charge is 0.410 e. The van der Waals surface area contributed by atoms with E-state index in [2.05, 4.69) is 0 Å². The molecule has 2 rings (SSSR count). The number of nitrogens with zero attached hydrogens (tertiary/aromatic N) is 2. The molecule has 1 aliphatic rings. The first kappa shape index (κ1) is 17.9. The molecule has 0 aromatic heterocycles. The number of hydrogen-bond donors (Lipinski definition) is 0. The summed E-state index contributed by atoms with van der Waals surface area (Å²) in [5, 5.41) is 9.38. The fourth-order valence-corrected chi connectivity index (χ4v) is 2.58. The summed E-state index contributed by atoms with van der Waals surface area (Å²) in [5.41, 5.74) is 0.736.